The van der Waals surface area contributed by atoms with Crippen molar-refractivity contribution >= 4 is 10.9 Å². The van der Waals surface area contributed by atoms with Gasteiger partial charge in [0, 0.05) is 21.8 Å². The molecule has 0 unspecified atom stereocenters. The van der Waals surface area contributed by atoms with E-state index in [9.17, 15) is 0 Å². The number of hydrogen-bond donors (Lipinski definition) is 0. The molecule has 1 heterocycles. The number of rotatable bonds is 0. The van der Waals surface area contributed by atoms with E-state index in [4.69, 9.17) is 4.98 Å². The molecule has 2 aliphatic rings. The van der Waals surface area contributed by atoms with Crippen LogP contribution in [0.1, 0.15) is 49.9 Å². The molecular formula is C27H23N. The molecule has 0 saturated carbocycles. The third-order valence-corrected chi connectivity index (χ3v) is 7.05. The fraction of sp³-hybridized carbons (Fsp3) is 0.222. The highest BCUT2D eigenvalue weighted by molar-refractivity contribution is 5.98. The molecular weight excluding hydrogens is 338 g/mol. The lowest BCUT2D eigenvalue weighted by atomic mass is 9.74. The van der Waals surface area contributed by atoms with Crippen molar-refractivity contribution in [3.63, 3.8) is 0 Å². The molecule has 0 N–H and O–H groups in total. The first kappa shape index (κ1) is 16.1. The summed E-state index contributed by atoms with van der Waals surface area (Å²) >= 11 is 0. The lowest BCUT2D eigenvalue weighted by molar-refractivity contribution is 0.634. The molecule has 28 heavy (non-hydrogen) atoms. The summed E-state index contributed by atoms with van der Waals surface area (Å²) in [4.78, 5) is 5.21. The number of nitrogens with zero attached hydrogens (tertiary/aromatic N) is 1. The molecule has 4 aromatic rings. The molecule has 1 nitrogen and oxygen atoms in total. The fourth-order valence-corrected chi connectivity index (χ4v) is 5.49. The maximum Gasteiger partial charge on any atom is 0.0756 e. The summed E-state index contributed by atoms with van der Waals surface area (Å²) in [5.41, 5.74) is 11.8. The summed E-state index contributed by atoms with van der Waals surface area (Å²) < 4.78 is 0. The van der Waals surface area contributed by atoms with Crippen molar-refractivity contribution in [3.05, 3.63) is 89.0 Å². The maximum atomic E-state index is 5.21. The molecule has 0 aliphatic heterocycles. The van der Waals surface area contributed by atoms with Crippen LogP contribution < -0.4 is 0 Å². The lowest BCUT2D eigenvalue weighted by Crippen LogP contribution is -2.22. The van der Waals surface area contributed by atoms with E-state index in [-0.39, 0.29) is 10.8 Å². The van der Waals surface area contributed by atoms with Crippen LogP contribution >= 0.6 is 0 Å². The van der Waals surface area contributed by atoms with Gasteiger partial charge in [0.2, 0.25) is 0 Å². The number of pyridine rings is 1. The molecule has 136 valence electrons. The van der Waals surface area contributed by atoms with Crippen molar-refractivity contribution in [2.45, 2.75) is 38.5 Å². The summed E-state index contributed by atoms with van der Waals surface area (Å²) in [6.07, 6.45) is 0. The topological polar surface area (TPSA) is 12.9 Å². The first-order chi connectivity index (χ1) is 13.4. The minimum Gasteiger partial charge on any atom is -0.247 e. The van der Waals surface area contributed by atoms with Gasteiger partial charge in [0.25, 0.3) is 0 Å². The SMILES string of the molecule is CC1(C)c2cc3ccccc3nc2-c2cccc3c2-c2c1cccc2C3(C)C. The second-order valence-electron chi connectivity index (χ2n) is 9.28. The Kier molecular flexibility index (Phi) is 2.82. The van der Waals surface area contributed by atoms with Crippen molar-refractivity contribution in [2.24, 2.45) is 0 Å². The van der Waals surface area contributed by atoms with Gasteiger partial charge in [0.15, 0.2) is 0 Å². The third-order valence-electron chi connectivity index (χ3n) is 7.05. The van der Waals surface area contributed by atoms with Gasteiger partial charge < -0.3 is 0 Å². The Morgan fingerprint density at radius 1 is 0.607 bits per heavy atom. The summed E-state index contributed by atoms with van der Waals surface area (Å²) in [6, 6.07) is 24.5. The first-order valence-corrected chi connectivity index (χ1v) is 10.1. The van der Waals surface area contributed by atoms with Gasteiger partial charge in [-0.1, -0.05) is 82.3 Å². The first-order valence-electron chi connectivity index (χ1n) is 10.1. The normalized spacial score (nSPS) is 17.1. The zero-order valence-corrected chi connectivity index (χ0v) is 16.8. The molecule has 0 fully saturated rings. The zero-order chi connectivity index (χ0) is 19.3. The van der Waals surface area contributed by atoms with E-state index in [0.717, 1.165) is 11.2 Å². The molecule has 0 saturated heterocycles. The third kappa shape index (κ3) is 1.75. The highest BCUT2D eigenvalue weighted by atomic mass is 14.7. The van der Waals surface area contributed by atoms with Crippen molar-refractivity contribution in [1.29, 1.82) is 0 Å². The van der Waals surface area contributed by atoms with Crippen LogP contribution in [0.15, 0.2) is 66.7 Å². The standard InChI is InChI=1S/C27H23N/c1-26(2)18-11-7-10-17-23(18)24-19(26)12-8-13-20(24)27(3,4)21-15-16-9-5-6-14-22(16)28-25(17)21/h5-15H,1-4H3. The van der Waals surface area contributed by atoms with Crippen LogP contribution in [-0.4, -0.2) is 4.98 Å². The van der Waals surface area contributed by atoms with Gasteiger partial charge in [-0.25, -0.2) is 4.98 Å². The Bertz CT molecular complexity index is 1310. The number of fused-ring (bicyclic) bond motifs is 3. The van der Waals surface area contributed by atoms with E-state index in [1.54, 1.807) is 0 Å². The Hall–Kier alpha value is -2.93. The monoisotopic (exact) mass is 361 g/mol. The maximum absolute atomic E-state index is 5.21. The minimum atomic E-state index is -0.117. The molecule has 6 rings (SSSR count). The second kappa shape index (κ2) is 4.91. The molecule has 3 aromatic carbocycles. The molecule has 0 amide bonds. The van der Waals surface area contributed by atoms with Crippen LogP contribution in [0.25, 0.3) is 33.3 Å². The van der Waals surface area contributed by atoms with Crippen molar-refractivity contribution < 1.29 is 0 Å². The van der Waals surface area contributed by atoms with Gasteiger partial charge in [0.05, 0.1) is 11.2 Å². The molecule has 0 atom stereocenters. The van der Waals surface area contributed by atoms with Crippen LogP contribution in [0.4, 0.5) is 0 Å². The Balaban J connectivity index is 1.88. The van der Waals surface area contributed by atoms with Crippen LogP contribution in [0, 0.1) is 0 Å². The van der Waals surface area contributed by atoms with Crippen molar-refractivity contribution in [2.75, 3.05) is 0 Å². The number of hydrogen-bond acceptors (Lipinski definition) is 1. The van der Waals surface area contributed by atoms with Crippen molar-refractivity contribution in [1.82, 2.24) is 4.98 Å². The largest absolute Gasteiger partial charge is 0.247 e. The fourth-order valence-electron chi connectivity index (χ4n) is 5.49. The summed E-state index contributed by atoms with van der Waals surface area (Å²) in [5, 5.41) is 1.21. The van der Waals surface area contributed by atoms with Crippen LogP contribution in [-0.2, 0) is 10.8 Å². The van der Waals surface area contributed by atoms with Gasteiger partial charge in [0.1, 0.15) is 0 Å². The lowest BCUT2D eigenvalue weighted by Gasteiger charge is -2.30. The Morgan fingerprint density at radius 3 is 1.96 bits per heavy atom. The summed E-state index contributed by atoms with van der Waals surface area (Å²) in [6.45, 7) is 9.42. The second-order valence-corrected chi connectivity index (χ2v) is 9.28. The Labute approximate surface area is 166 Å². The Morgan fingerprint density at radius 2 is 1.21 bits per heavy atom. The smallest absolute Gasteiger partial charge is 0.0756 e. The zero-order valence-electron chi connectivity index (χ0n) is 16.8. The van der Waals surface area contributed by atoms with E-state index in [0.29, 0.717) is 0 Å². The van der Waals surface area contributed by atoms with Gasteiger partial charge >= 0.3 is 0 Å². The molecule has 0 bridgehead atoms. The van der Waals surface area contributed by atoms with E-state index in [2.05, 4.69) is 94.4 Å². The summed E-state index contributed by atoms with van der Waals surface area (Å²) in [7, 11) is 0. The van der Waals surface area contributed by atoms with Crippen LogP contribution in [0.2, 0.25) is 0 Å². The number of para-hydroxylation sites is 1. The molecule has 1 aromatic heterocycles. The molecule has 2 aliphatic carbocycles. The van der Waals surface area contributed by atoms with Crippen molar-refractivity contribution in [3.8, 4) is 22.4 Å². The highest BCUT2D eigenvalue weighted by Gasteiger charge is 2.43. The van der Waals surface area contributed by atoms with Gasteiger partial charge in [-0.3, -0.25) is 0 Å². The highest BCUT2D eigenvalue weighted by Crippen LogP contribution is 2.58. The van der Waals surface area contributed by atoms with Gasteiger partial charge in [-0.2, -0.15) is 0 Å². The van der Waals surface area contributed by atoms with Gasteiger partial charge in [-0.15, -0.1) is 0 Å². The van der Waals surface area contributed by atoms with E-state index < -0.39 is 0 Å². The quantitative estimate of drug-likeness (QED) is 0.334. The van der Waals surface area contributed by atoms with E-state index in [1.165, 1.54) is 44.3 Å². The average Bonchev–Trinajstić information content (AvgIpc) is 2.90. The van der Waals surface area contributed by atoms with Crippen LogP contribution in [0.3, 0.4) is 0 Å². The molecule has 0 spiro atoms. The predicted molar refractivity (Wildman–Crippen MR) is 117 cm³/mol. The van der Waals surface area contributed by atoms with Gasteiger partial charge in [-0.05, 0) is 45.5 Å². The number of aromatic nitrogens is 1. The minimum absolute atomic E-state index is 0.0150. The predicted octanol–water partition coefficient (Wildman–Crippen LogP) is 6.85. The van der Waals surface area contributed by atoms with E-state index >= 15 is 0 Å². The molecule has 0 radical (unpaired) electrons. The molecule has 1 heteroatoms. The summed E-state index contributed by atoms with van der Waals surface area (Å²) in [5.74, 6) is 0. The van der Waals surface area contributed by atoms with Crippen LogP contribution in [0.5, 0.6) is 0 Å². The average molecular weight is 361 g/mol. The number of benzene rings is 3. The van der Waals surface area contributed by atoms with E-state index in [1.807, 2.05) is 0 Å².